The highest BCUT2D eigenvalue weighted by atomic mass is 32.2. The number of benzene rings is 3. The Balaban J connectivity index is 1.26. The van der Waals surface area contributed by atoms with Crippen molar-refractivity contribution in [2.75, 3.05) is 4.72 Å². The van der Waals surface area contributed by atoms with Crippen LogP contribution in [-0.2, 0) is 29.9 Å². The van der Waals surface area contributed by atoms with Crippen molar-refractivity contribution in [3.8, 4) is 0 Å². The Morgan fingerprint density at radius 1 is 0.912 bits per heavy atom. The van der Waals surface area contributed by atoms with Crippen molar-refractivity contribution in [3.05, 3.63) is 89.7 Å². The molecule has 5 rings (SSSR count). The van der Waals surface area contributed by atoms with Crippen LogP contribution in [0.5, 0.6) is 0 Å². The third kappa shape index (κ3) is 4.87. The van der Waals surface area contributed by atoms with E-state index in [2.05, 4.69) is 15.4 Å². The summed E-state index contributed by atoms with van der Waals surface area (Å²) in [6, 6.07) is 23.2. The third-order valence-corrected chi connectivity index (χ3v) is 8.36. The van der Waals surface area contributed by atoms with Crippen LogP contribution in [0.4, 0.5) is 5.69 Å². The first-order valence-corrected chi connectivity index (χ1v) is 13.6. The minimum absolute atomic E-state index is 0.303. The number of imidazole rings is 1. The smallest absolute Gasteiger partial charge is 0.261 e. The van der Waals surface area contributed by atoms with Gasteiger partial charge in [-0.05, 0) is 72.7 Å². The lowest BCUT2D eigenvalue weighted by Crippen LogP contribution is -2.13. The molecule has 3 aromatic carbocycles. The molecule has 0 amide bonds. The zero-order chi connectivity index (χ0) is 23.5. The van der Waals surface area contributed by atoms with Gasteiger partial charge in [-0.3, -0.25) is 4.72 Å². The average molecular weight is 474 g/mol. The highest BCUT2D eigenvalue weighted by Gasteiger charge is 2.18. The molecule has 1 aromatic heterocycles. The first-order valence-electron chi connectivity index (χ1n) is 12.1. The van der Waals surface area contributed by atoms with E-state index in [1.165, 1.54) is 37.7 Å². The van der Waals surface area contributed by atoms with Crippen LogP contribution in [0.25, 0.3) is 11.0 Å². The van der Waals surface area contributed by atoms with Gasteiger partial charge < -0.3 is 4.57 Å². The number of hydrogen-bond acceptors (Lipinski definition) is 3. The second-order valence-electron chi connectivity index (χ2n) is 9.29. The van der Waals surface area contributed by atoms with Gasteiger partial charge in [0.2, 0.25) is 0 Å². The van der Waals surface area contributed by atoms with Crippen molar-refractivity contribution in [2.45, 2.75) is 55.8 Å². The summed E-state index contributed by atoms with van der Waals surface area (Å²) in [6.07, 6.45) is 7.80. The van der Waals surface area contributed by atoms with Crippen molar-refractivity contribution in [1.82, 2.24) is 9.55 Å². The van der Waals surface area contributed by atoms with Crippen molar-refractivity contribution in [1.29, 1.82) is 0 Å². The highest BCUT2D eigenvalue weighted by molar-refractivity contribution is 7.92. The zero-order valence-corrected chi connectivity index (χ0v) is 20.4. The number of hydrogen-bond donors (Lipinski definition) is 1. The fraction of sp³-hybridized carbons (Fsp3) is 0.321. The molecular weight excluding hydrogens is 442 g/mol. The number of rotatable bonds is 7. The van der Waals surface area contributed by atoms with Crippen LogP contribution in [0.15, 0.2) is 77.7 Å². The van der Waals surface area contributed by atoms with Crippen LogP contribution >= 0.6 is 0 Å². The quantitative estimate of drug-likeness (QED) is 0.347. The molecule has 1 N–H and O–H groups in total. The van der Waals surface area contributed by atoms with E-state index in [4.69, 9.17) is 4.98 Å². The summed E-state index contributed by atoms with van der Waals surface area (Å²) >= 11 is 0. The van der Waals surface area contributed by atoms with Crippen LogP contribution in [0.3, 0.4) is 0 Å². The second-order valence-corrected chi connectivity index (χ2v) is 11.0. The molecule has 0 saturated heterocycles. The van der Waals surface area contributed by atoms with E-state index in [-0.39, 0.29) is 0 Å². The Labute approximate surface area is 201 Å². The summed E-state index contributed by atoms with van der Waals surface area (Å²) in [5.41, 5.74) is 5.02. The summed E-state index contributed by atoms with van der Waals surface area (Å²) in [5, 5.41) is 0. The number of aromatic nitrogens is 2. The Kier molecular flexibility index (Phi) is 6.42. The number of para-hydroxylation sites is 2. The predicted molar refractivity (Wildman–Crippen MR) is 138 cm³/mol. The molecule has 4 aromatic rings. The van der Waals surface area contributed by atoms with Gasteiger partial charge >= 0.3 is 0 Å². The Bertz CT molecular complexity index is 1380. The molecule has 0 unspecified atom stereocenters. The van der Waals surface area contributed by atoms with Gasteiger partial charge in [-0.1, -0.05) is 55.7 Å². The van der Waals surface area contributed by atoms with Crippen LogP contribution < -0.4 is 4.72 Å². The molecule has 1 aliphatic carbocycles. The number of aryl methyl sites for hydroxylation is 3. The molecule has 176 valence electrons. The number of nitrogens with zero attached hydrogens (tertiary/aromatic N) is 2. The maximum Gasteiger partial charge on any atom is 0.261 e. The Morgan fingerprint density at radius 2 is 1.68 bits per heavy atom. The molecule has 1 fully saturated rings. The molecular formula is C28H31N3O2S. The summed E-state index contributed by atoms with van der Waals surface area (Å²) in [6.45, 7) is 0. The largest absolute Gasteiger partial charge is 0.331 e. The fourth-order valence-electron chi connectivity index (χ4n) is 5.03. The highest BCUT2D eigenvalue weighted by Crippen LogP contribution is 2.33. The van der Waals surface area contributed by atoms with Gasteiger partial charge in [-0.15, -0.1) is 0 Å². The summed E-state index contributed by atoms with van der Waals surface area (Å²) in [5.74, 6) is 1.58. The topological polar surface area (TPSA) is 64.0 Å². The van der Waals surface area contributed by atoms with E-state index >= 15 is 0 Å². The van der Waals surface area contributed by atoms with Crippen LogP contribution in [0, 0.1) is 0 Å². The maximum absolute atomic E-state index is 13.0. The van der Waals surface area contributed by atoms with E-state index in [0.29, 0.717) is 16.5 Å². The molecule has 0 spiro atoms. The van der Waals surface area contributed by atoms with Gasteiger partial charge in [-0.2, -0.15) is 0 Å². The zero-order valence-electron chi connectivity index (χ0n) is 19.6. The van der Waals surface area contributed by atoms with Crippen LogP contribution in [-0.4, -0.2) is 18.0 Å². The summed E-state index contributed by atoms with van der Waals surface area (Å²) in [7, 11) is -1.60. The van der Waals surface area contributed by atoms with Gasteiger partial charge in [0.15, 0.2) is 0 Å². The number of fused-ring (bicyclic) bond motifs is 1. The summed E-state index contributed by atoms with van der Waals surface area (Å²) in [4.78, 5) is 5.04. The van der Waals surface area contributed by atoms with Crippen molar-refractivity contribution in [3.63, 3.8) is 0 Å². The van der Waals surface area contributed by atoms with E-state index in [0.717, 1.165) is 35.3 Å². The van der Waals surface area contributed by atoms with Gasteiger partial charge in [0, 0.05) is 19.2 Å². The Morgan fingerprint density at radius 3 is 2.44 bits per heavy atom. The SMILES string of the molecule is Cn1c(CCc2cccc(NS(=O)(=O)c3ccc(C4CCCCC4)cc3)c2)nc2ccccc21. The molecule has 1 heterocycles. The van der Waals surface area contributed by atoms with E-state index in [9.17, 15) is 8.42 Å². The fourth-order valence-corrected chi connectivity index (χ4v) is 6.08. The maximum atomic E-state index is 13.0. The van der Waals surface area contributed by atoms with Crippen LogP contribution in [0.1, 0.15) is 55.0 Å². The molecule has 0 atom stereocenters. The van der Waals surface area contributed by atoms with Crippen molar-refractivity contribution < 1.29 is 8.42 Å². The van der Waals surface area contributed by atoms with Gasteiger partial charge in [-0.25, -0.2) is 13.4 Å². The molecule has 0 aliphatic heterocycles. The van der Waals surface area contributed by atoms with Crippen molar-refractivity contribution in [2.24, 2.45) is 7.05 Å². The lowest BCUT2D eigenvalue weighted by atomic mass is 9.84. The number of nitrogens with one attached hydrogen (secondary N) is 1. The van der Waals surface area contributed by atoms with Gasteiger partial charge in [0.25, 0.3) is 10.0 Å². The van der Waals surface area contributed by atoms with Crippen LogP contribution in [0.2, 0.25) is 0 Å². The molecule has 0 radical (unpaired) electrons. The third-order valence-electron chi connectivity index (χ3n) is 6.96. The first kappa shape index (κ1) is 22.7. The molecule has 1 saturated carbocycles. The lowest BCUT2D eigenvalue weighted by Gasteiger charge is -2.22. The molecule has 34 heavy (non-hydrogen) atoms. The van der Waals surface area contributed by atoms with E-state index < -0.39 is 10.0 Å². The standard InChI is InChI=1S/C28H31N3O2S/c1-31-27-13-6-5-12-26(27)29-28(31)19-14-21-8-7-11-24(20-21)30-34(32,33)25-17-15-23(16-18-25)22-9-3-2-4-10-22/h5-8,11-13,15-18,20,22,30H,2-4,9-10,14,19H2,1H3. The summed E-state index contributed by atoms with van der Waals surface area (Å²) < 4.78 is 30.9. The Hall–Kier alpha value is -3.12. The second kappa shape index (κ2) is 9.63. The lowest BCUT2D eigenvalue weighted by molar-refractivity contribution is 0.443. The molecule has 5 nitrogen and oxygen atoms in total. The molecule has 1 aliphatic rings. The minimum Gasteiger partial charge on any atom is -0.331 e. The normalized spacial score (nSPS) is 15.0. The molecule has 6 heteroatoms. The van der Waals surface area contributed by atoms with Crippen molar-refractivity contribution >= 4 is 26.7 Å². The molecule has 0 bridgehead atoms. The van der Waals surface area contributed by atoms with E-state index in [1.807, 2.05) is 55.6 Å². The monoisotopic (exact) mass is 473 g/mol. The average Bonchev–Trinajstić information content (AvgIpc) is 3.19. The predicted octanol–water partition coefficient (Wildman–Crippen LogP) is 6.21. The van der Waals surface area contributed by atoms with Gasteiger partial charge in [0.1, 0.15) is 5.82 Å². The van der Waals surface area contributed by atoms with E-state index in [1.54, 1.807) is 18.2 Å². The number of anilines is 1. The van der Waals surface area contributed by atoms with Gasteiger partial charge in [0.05, 0.1) is 15.9 Å². The number of sulfonamides is 1. The minimum atomic E-state index is -3.64. The first-order chi connectivity index (χ1) is 16.5.